The Balaban J connectivity index is 2.78. The normalized spacial score (nSPS) is 16.6. The highest BCUT2D eigenvalue weighted by Crippen LogP contribution is 2.35. The lowest BCUT2D eigenvalue weighted by Crippen LogP contribution is -2.57. The summed E-state index contributed by atoms with van der Waals surface area (Å²) in [6.45, 7) is 7.69. The van der Waals surface area contributed by atoms with Crippen molar-refractivity contribution in [3.8, 4) is 0 Å². The average Bonchev–Trinajstić information content (AvgIpc) is 2.54. The summed E-state index contributed by atoms with van der Waals surface area (Å²) in [5.74, 6) is 0. The first-order chi connectivity index (χ1) is 10.8. The maximum atomic E-state index is 12.2. The van der Waals surface area contributed by atoms with Crippen molar-refractivity contribution in [2.75, 3.05) is 6.61 Å². The highest BCUT2D eigenvalue weighted by atomic mass is 35.5. The molecule has 1 aromatic carbocycles. The van der Waals surface area contributed by atoms with Gasteiger partial charge in [0.15, 0.2) is 0 Å². The van der Waals surface area contributed by atoms with Crippen molar-refractivity contribution < 1.29 is 14.6 Å². The van der Waals surface area contributed by atoms with Gasteiger partial charge < -0.3 is 15.2 Å². The molecule has 0 saturated heterocycles. The van der Waals surface area contributed by atoms with E-state index in [1.807, 2.05) is 58.0 Å². The molecular weight excluding hydrogens is 314 g/mol. The number of hydrogen-bond donors (Lipinski definition) is 2. The van der Waals surface area contributed by atoms with Crippen LogP contribution >= 0.6 is 11.6 Å². The molecule has 1 unspecified atom stereocenters. The summed E-state index contributed by atoms with van der Waals surface area (Å²) in [5, 5.41) is 13.2. The predicted molar refractivity (Wildman–Crippen MR) is 93.5 cm³/mol. The molecule has 2 N–H and O–H groups in total. The van der Waals surface area contributed by atoms with E-state index in [2.05, 4.69) is 5.32 Å². The fourth-order valence-electron chi connectivity index (χ4n) is 2.43. The second-order valence-corrected chi connectivity index (χ2v) is 6.46. The summed E-state index contributed by atoms with van der Waals surface area (Å²) < 4.78 is 5.28. The Hall–Kier alpha value is -1.52. The number of halogens is 1. The first-order valence-corrected chi connectivity index (χ1v) is 8.12. The van der Waals surface area contributed by atoms with E-state index >= 15 is 0 Å². The molecule has 128 valence electrons. The molecule has 0 aliphatic carbocycles. The molecule has 0 aliphatic heterocycles. The Morgan fingerprint density at radius 1 is 1.39 bits per heavy atom. The van der Waals surface area contributed by atoms with Gasteiger partial charge in [-0.25, -0.2) is 4.79 Å². The van der Waals surface area contributed by atoms with Crippen molar-refractivity contribution in [2.24, 2.45) is 5.41 Å². The molecule has 1 amide bonds. The molecule has 0 aromatic heterocycles. The zero-order valence-corrected chi connectivity index (χ0v) is 15.0. The van der Waals surface area contributed by atoms with E-state index in [4.69, 9.17) is 16.3 Å². The van der Waals surface area contributed by atoms with Crippen molar-refractivity contribution >= 4 is 17.7 Å². The van der Waals surface area contributed by atoms with Crippen molar-refractivity contribution in [1.82, 2.24) is 5.32 Å². The third-order valence-corrected chi connectivity index (χ3v) is 4.89. The van der Waals surface area contributed by atoms with Gasteiger partial charge in [-0.1, -0.05) is 55.8 Å². The van der Waals surface area contributed by atoms with Crippen LogP contribution in [0.3, 0.4) is 0 Å². The first-order valence-electron chi connectivity index (χ1n) is 7.75. The summed E-state index contributed by atoms with van der Waals surface area (Å²) in [6.07, 6.45) is 3.90. The summed E-state index contributed by atoms with van der Waals surface area (Å²) >= 11 is 6.05. The van der Waals surface area contributed by atoms with Gasteiger partial charge in [0.05, 0.1) is 12.1 Å². The molecule has 0 spiro atoms. The van der Waals surface area contributed by atoms with E-state index in [9.17, 15) is 9.90 Å². The van der Waals surface area contributed by atoms with E-state index in [1.54, 1.807) is 6.07 Å². The van der Waals surface area contributed by atoms with E-state index in [1.165, 1.54) is 0 Å². The average molecular weight is 340 g/mol. The van der Waals surface area contributed by atoms with Gasteiger partial charge >= 0.3 is 6.09 Å². The van der Waals surface area contributed by atoms with Crippen molar-refractivity contribution in [3.05, 3.63) is 47.0 Å². The van der Waals surface area contributed by atoms with E-state index in [0.717, 1.165) is 5.56 Å². The Kier molecular flexibility index (Phi) is 7.10. The van der Waals surface area contributed by atoms with E-state index in [-0.39, 0.29) is 13.2 Å². The number of nitrogens with one attached hydrogen (secondary N) is 1. The van der Waals surface area contributed by atoms with E-state index in [0.29, 0.717) is 11.4 Å². The minimum absolute atomic E-state index is 0.0769. The van der Waals surface area contributed by atoms with Crippen LogP contribution in [0.1, 0.15) is 39.7 Å². The lowest BCUT2D eigenvalue weighted by molar-refractivity contribution is 0.0660. The largest absolute Gasteiger partial charge is 0.445 e. The quantitative estimate of drug-likeness (QED) is 0.728. The van der Waals surface area contributed by atoms with Crippen molar-refractivity contribution in [2.45, 2.75) is 46.3 Å². The van der Waals surface area contributed by atoms with Crippen LogP contribution in [0.5, 0.6) is 0 Å². The smallest absolute Gasteiger partial charge is 0.407 e. The number of carbonyl (C=O) groups is 1. The maximum absolute atomic E-state index is 12.2. The fraction of sp³-hybridized carbons (Fsp3) is 0.500. The lowest BCUT2D eigenvalue weighted by atomic mass is 9.70. The van der Waals surface area contributed by atoms with Crippen LogP contribution in [0.2, 0.25) is 5.02 Å². The molecule has 1 aromatic rings. The molecule has 5 heteroatoms. The molecule has 0 bridgehead atoms. The van der Waals surface area contributed by atoms with Crippen molar-refractivity contribution in [3.63, 3.8) is 0 Å². The SMILES string of the molecule is C/C=C\[C@@](C)(CO)C(C)(CC)NC(=O)OCc1ccccc1Cl. The molecule has 4 nitrogen and oxygen atoms in total. The Morgan fingerprint density at radius 2 is 2.04 bits per heavy atom. The van der Waals surface area contributed by atoms with Crippen LogP contribution in [-0.4, -0.2) is 23.3 Å². The Labute approximate surface area is 143 Å². The van der Waals surface area contributed by atoms with Crippen LogP contribution in [0.4, 0.5) is 4.79 Å². The first kappa shape index (κ1) is 19.5. The zero-order chi connectivity index (χ0) is 17.5. The Morgan fingerprint density at radius 3 is 2.57 bits per heavy atom. The summed E-state index contributed by atoms with van der Waals surface area (Å²) in [4.78, 5) is 12.2. The Bertz CT molecular complexity index is 561. The number of rotatable bonds is 7. The second-order valence-electron chi connectivity index (χ2n) is 6.05. The molecule has 0 heterocycles. The van der Waals surface area contributed by atoms with Crippen LogP contribution < -0.4 is 5.32 Å². The standard InChI is InChI=1S/C18H26ClNO3/c1-5-11-17(3,13-21)18(4,6-2)20-16(22)23-12-14-9-7-8-10-15(14)19/h5,7-11,21H,6,12-13H2,1-4H3,(H,20,22)/b11-5-/t17-,18?/m0/s1. The van der Waals surface area contributed by atoms with Gasteiger partial charge in [-0.05, 0) is 26.3 Å². The third-order valence-electron chi connectivity index (χ3n) is 4.53. The lowest BCUT2D eigenvalue weighted by Gasteiger charge is -2.43. The molecule has 0 saturated carbocycles. The molecule has 0 fully saturated rings. The van der Waals surface area contributed by atoms with Crippen molar-refractivity contribution in [1.29, 1.82) is 0 Å². The van der Waals surface area contributed by atoms with Gasteiger partial charge in [0.1, 0.15) is 6.61 Å². The topological polar surface area (TPSA) is 58.6 Å². The van der Waals surface area contributed by atoms with Crippen LogP contribution in [0.15, 0.2) is 36.4 Å². The summed E-state index contributed by atoms with van der Waals surface area (Å²) in [5.41, 5.74) is -0.466. The van der Waals surface area contributed by atoms with Gasteiger partial charge in [0.25, 0.3) is 0 Å². The van der Waals surface area contributed by atoms with Gasteiger partial charge in [0.2, 0.25) is 0 Å². The molecule has 1 rings (SSSR count). The number of benzene rings is 1. The van der Waals surface area contributed by atoms with Crippen LogP contribution in [0, 0.1) is 5.41 Å². The number of allylic oxidation sites excluding steroid dienone is 1. The predicted octanol–water partition coefficient (Wildman–Crippen LogP) is 4.31. The van der Waals surface area contributed by atoms with Gasteiger partial charge in [-0.15, -0.1) is 0 Å². The van der Waals surface area contributed by atoms with Gasteiger partial charge in [-0.3, -0.25) is 0 Å². The molecular formula is C18H26ClNO3. The summed E-state index contributed by atoms with van der Waals surface area (Å²) in [7, 11) is 0. The summed E-state index contributed by atoms with van der Waals surface area (Å²) in [6, 6.07) is 7.23. The molecule has 23 heavy (non-hydrogen) atoms. The second kappa shape index (κ2) is 8.37. The van der Waals surface area contributed by atoms with E-state index < -0.39 is 17.0 Å². The molecule has 0 aliphatic rings. The maximum Gasteiger partial charge on any atom is 0.407 e. The van der Waals surface area contributed by atoms with Crippen LogP contribution in [-0.2, 0) is 11.3 Å². The third kappa shape index (κ3) is 4.72. The highest BCUT2D eigenvalue weighted by molar-refractivity contribution is 6.31. The molecule has 0 radical (unpaired) electrons. The molecule has 2 atom stereocenters. The number of aliphatic hydroxyl groups is 1. The zero-order valence-electron chi connectivity index (χ0n) is 14.2. The monoisotopic (exact) mass is 339 g/mol. The van der Waals surface area contributed by atoms with Gasteiger partial charge in [-0.2, -0.15) is 0 Å². The fourth-order valence-corrected chi connectivity index (χ4v) is 2.62. The minimum atomic E-state index is -0.633. The number of alkyl carbamates (subject to hydrolysis) is 1. The number of aliphatic hydroxyl groups excluding tert-OH is 1. The van der Waals surface area contributed by atoms with Gasteiger partial charge in [0, 0.05) is 16.0 Å². The van der Waals surface area contributed by atoms with Crippen LogP contribution in [0.25, 0.3) is 0 Å². The minimum Gasteiger partial charge on any atom is -0.445 e. The highest BCUT2D eigenvalue weighted by Gasteiger charge is 2.42. The number of ether oxygens (including phenoxy) is 1. The number of carbonyl (C=O) groups excluding carboxylic acids is 1. The number of hydrogen-bond acceptors (Lipinski definition) is 3. The number of amides is 1.